The van der Waals surface area contributed by atoms with Gasteiger partial charge in [-0.15, -0.1) is 0 Å². The Hall–Kier alpha value is -1.56. The molecule has 0 aromatic carbocycles. The van der Waals surface area contributed by atoms with Crippen LogP contribution in [-0.2, 0) is 19.0 Å². The molecule has 2 atom stereocenters. The number of ether oxygens (including phenoxy) is 3. The highest BCUT2D eigenvalue weighted by atomic mass is 16.6. The van der Waals surface area contributed by atoms with Gasteiger partial charge in [0.1, 0.15) is 5.60 Å². The summed E-state index contributed by atoms with van der Waals surface area (Å²) >= 11 is 0. The highest BCUT2D eigenvalue weighted by molar-refractivity contribution is 5.89. The first-order valence-corrected chi connectivity index (χ1v) is 9.21. The number of hydrogen-bond acceptors (Lipinski definition) is 5. The molecular weight excluding hydrogens is 322 g/mol. The van der Waals surface area contributed by atoms with Gasteiger partial charge in [0.2, 0.25) is 0 Å². The lowest BCUT2D eigenvalue weighted by atomic mass is 9.92. The van der Waals surface area contributed by atoms with Crippen LogP contribution in [0.4, 0.5) is 4.79 Å². The average Bonchev–Trinajstić information content (AvgIpc) is 2.50. The third kappa shape index (κ3) is 7.90. The largest absolute Gasteiger partial charge is 0.463 e. The second-order valence-electron chi connectivity index (χ2n) is 7.31. The number of carbonyl (C=O) groups is 2. The SMILES string of the molecule is CCOC(=O)C1=C[C@@H](OC(CC)CC)CC(NC(=O)OC(C)(C)C)C1. The van der Waals surface area contributed by atoms with Gasteiger partial charge in [-0.2, -0.15) is 0 Å². The van der Waals surface area contributed by atoms with Crippen molar-refractivity contribution >= 4 is 12.1 Å². The molecule has 0 aliphatic heterocycles. The monoisotopic (exact) mass is 355 g/mol. The molecule has 0 bridgehead atoms. The van der Waals surface area contributed by atoms with Crippen LogP contribution < -0.4 is 5.32 Å². The van der Waals surface area contributed by atoms with E-state index in [9.17, 15) is 9.59 Å². The molecule has 0 saturated carbocycles. The zero-order chi connectivity index (χ0) is 19.0. The van der Waals surface area contributed by atoms with Crippen molar-refractivity contribution in [2.45, 2.75) is 91.1 Å². The van der Waals surface area contributed by atoms with E-state index >= 15 is 0 Å². The summed E-state index contributed by atoms with van der Waals surface area (Å²) in [6.45, 7) is 11.7. The second kappa shape index (κ2) is 9.80. The Bertz CT molecular complexity index is 477. The Morgan fingerprint density at radius 3 is 2.40 bits per heavy atom. The summed E-state index contributed by atoms with van der Waals surface area (Å²) in [6.07, 6.45) is 4.09. The molecule has 1 amide bonds. The predicted molar refractivity (Wildman–Crippen MR) is 96.4 cm³/mol. The summed E-state index contributed by atoms with van der Waals surface area (Å²) < 4.78 is 16.5. The van der Waals surface area contributed by atoms with Crippen LogP contribution in [0.1, 0.15) is 67.2 Å². The molecule has 1 rings (SSSR count). The van der Waals surface area contributed by atoms with Crippen LogP contribution in [0.5, 0.6) is 0 Å². The third-order valence-corrected chi connectivity index (χ3v) is 3.91. The molecule has 144 valence electrons. The molecule has 0 fully saturated rings. The Kier molecular flexibility index (Phi) is 8.42. The fraction of sp³-hybridized carbons (Fsp3) is 0.789. The summed E-state index contributed by atoms with van der Waals surface area (Å²) in [6, 6.07) is -0.224. The van der Waals surface area contributed by atoms with E-state index in [0.717, 1.165) is 12.8 Å². The molecule has 0 aromatic rings. The molecule has 0 spiro atoms. The van der Waals surface area contributed by atoms with Crippen LogP contribution in [-0.4, -0.2) is 42.5 Å². The molecule has 1 aliphatic carbocycles. The van der Waals surface area contributed by atoms with Gasteiger partial charge in [-0.1, -0.05) is 13.8 Å². The highest BCUT2D eigenvalue weighted by Crippen LogP contribution is 2.24. The topological polar surface area (TPSA) is 73.9 Å². The summed E-state index contributed by atoms with van der Waals surface area (Å²) in [5.41, 5.74) is -0.0191. The normalized spacial score (nSPS) is 20.8. The molecule has 0 heterocycles. The van der Waals surface area contributed by atoms with E-state index in [4.69, 9.17) is 14.2 Å². The molecular formula is C19H33NO5. The first kappa shape index (κ1) is 21.5. The van der Waals surface area contributed by atoms with Gasteiger partial charge in [-0.25, -0.2) is 9.59 Å². The fourth-order valence-electron chi connectivity index (χ4n) is 2.77. The lowest BCUT2D eigenvalue weighted by molar-refractivity contribution is -0.139. The molecule has 1 aliphatic rings. The number of nitrogens with one attached hydrogen (secondary N) is 1. The summed E-state index contributed by atoms with van der Waals surface area (Å²) in [7, 11) is 0. The fourth-order valence-corrected chi connectivity index (χ4v) is 2.77. The van der Waals surface area contributed by atoms with Gasteiger partial charge in [0.05, 0.1) is 18.8 Å². The van der Waals surface area contributed by atoms with E-state index in [-0.39, 0.29) is 24.2 Å². The van der Waals surface area contributed by atoms with Crippen LogP contribution in [0.15, 0.2) is 11.6 Å². The minimum absolute atomic E-state index is 0.130. The maximum atomic E-state index is 12.1. The summed E-state index contributed by atoms with van der Waals surface area (Å²) in [5.74, 6) is -0.351. The maximum Gasteiger partial charge on any atom is 0.407 e. The van der Waals surface area contributed by atoms with Crippen molar-refractivity contribution in [3.05, 3.63) is 11.6 Å². The molecule has 0 saturated heterocycles. The summed E-state index contributed by atoms with van der Waals surface area (Å²) in [5, 5.41) is 2.85. The molecule has 25 heavy (non-hydrogen) atoms. The zero-order valence-corrected chi connectivity index (χ0v) is 16.4. The van der Waals surface area contributed by atoms with Gasteiger partial charge < -0.3 is 19.5 Å². The quantitative estimate of drug-likeness (QED) is 0.704. The minimum atomic E-state index is -0.565. The van der Waals surface area contributed by atoms with Crippen LogP contribution in [0.2, 0.25) is 0 Å². The Labute approximate surface area is 151 Å². The standard InChI is InChI=1S/C19H33NO5/c1-7-15(8-2)24-16-11-13(17(21)23-9-3)10-14(12-16)20-18(22)25-19(4,5)6/h11,14-16H,7-10,12H2,1-6H3,(H,20,22)/t14?,16-/m1/s1. The van der Waals surface area contributed by atoms with Crippen molar-refractivity contribution < 1.29 is 23.8 Å². The zero-order valence-electron chi connectivity index (χ0n) is 16.4. The van der Waals surface area contributed by atoms with Crippen LogP contribution in [0, 0.1) is 0 Å². The smallest absolute Gasteiger partial charge is 0.407 e. The molecule has 6 nitrogen and oxygen atoms in total. The van der Waals surface area contributed by atoms with Crippen molar-refractivity contribution in [2.24, 2.45) is 0 Å². The Balaban J connectivity index is 2.82. The van der Waals surface area contributed by atoms with E-state index in [0.29, 0.717) is 25.0 Å². The maximum absolute atomic E-state index is 12.1. The van der Waals surface area contributed by atoms with Crippen LogP contribution in [0.25, 0.3) is 0 Å². The van der Waals surface area contributed by atoms with Crippen LogP contribution in [0.3, 0.4) is 0 Å². The van der Waals surface area contributed by atoms with E-state index in [1.165, 1.54) is 0 Å². The summed E-state index contributed by atoms with van der Waals surface area (Å²) in [4.78, 5) is 24.2. The number of esters is 1. The Morgan fingerprint density at radius 2 is 1.88 bits per heavy atom. The highest BCUT2D eigenvalue weighted by Gasteiger charge is 2.30. The minimum Gasteiger partial charge on any atom is -0.463 e. The number of amides is 1. The molecule has 0 aromatic heterocycles. The Morgan fingerprint density at radius 1 is 1.24 bits per heavy atom. The van der Waals surface area contributed by atoms with Crippen LogP contribution >= 0.6 is 0 Å². The van der Waals surface area contributed by atoms with Gasteiger partial charge in [-0.05, 0) is 59.5 Å². The van der Waals surface area contributed by atoms with Gasteiger partial charge in [-0.3, -0.25) is 0 Å². The third-order valence-electron chi connectivity index (χ3n) is 3.91. The predicted octanol–water partition coefficient (Wildman–Crippen LogP) is 3.74. The molecule has 1 unspecified atom stereocenters. The number of alkyl carbamates (subject to hydrolysis) is 1. The first-order chi connectivity index (χ1) is 11.7. The van der Waals surface area contributed by atoms with Crippen molar-refractivity contribution in [2.75, 3.05) is 6.61 Å². The average molecular weight is 355 g/mol. The molecule has 6 heteroatoms. The molecule has 1 N–H and O–H groups in total. The van der Waals surface area contributed by atoms with Gasteiger partial charge >= 0.3 is 12.1 Å². The van der Waals surface area contributed by atoms with Crippen molar-refractivity contribution in [1.29, 1.82) is 0 Å². The van der Waals surface area contributed by atoms with Crippen molar-refractivity contribution in [3.63, 3.8) is 0 Å². The number of hydrogen-bond donors (Lipinski definition) is 1. The van der Waals surface area contributed by atoms with E-state index < -0.39 is 11.7 Å². The molecule has 0 radical (unpaired) electrons. The van der Waals surface area contributed by atoms with E-state index in [2.05, 4.69) is 19.2 Å². The second-order valence-corrected chi connectivity index (χ2v) is 7.31. The number of rotatable bonds is 7. The van der Waals surface area contributed by atoms with Gasteiger partial charge in [0.25, 0.3) is 0 Å². The first-order valence-electron chi connectivity index (χ1n) is 9.21. The number of carbonyl (C=O) groups excluding carboxylic acids is 2. The van der Waals surface area contributed by atoms with E-state index in [1.807, 2.05) is 26.8 Å². The lowest BCUT2D eigenvalue weighted by Gasteiger charge is -2.31. The van der Waals surface area contributed by atoms with E-state index in [1.54, 1.807) is 6.92 Å². The van der Waals surface area contributed by atoms with Gasteiger partial charge in [0.15, 0.2) is 0 Å². The van der Waals surface area contributed by atoms with Crippen molar-refractivity contribution in [1.82, 2.24) is 5.32 Å². The van der Waals surface area contributed by atoms with Crippen molar-refractivity contribution in [3.8, 4) is 0 Å². The van der Waals surface area contributed by atoms with Gasteiger partial charge in [0, 0.05) is 11.6 Å². The lowest BCUT2D eigenvalue weighted by Crippen LogP contribution is -2.43.